The summed E-state index contributed by atoms with van der Waals surface area (Å²) >= 11 is 0. The van der Waals surface area contributed by atoms with Crippen LogP contribution < -0.4 is 10.6 Å². The summed E-state index contributed by atoms with van der Waals surface area (Å²) in [5, 5.41) is 6.28. The molecule has 1 aromatic carbocycles. The second-order valence-corrected chi connectivity index (χ2v) is 5.67. The Balaban J connectivity index is 1.96. The molecule has 0 heterocycles. The topological polar surface area (TPSA) is 50.4 Å². The van der Waals surface area contributed by atoms with Gasteiger partial charge in [0.1, 0.15) is 6.61 Å². The summed E-state index contributed by atoms with van der Waals surface area (Å²) in [6.45, 7) is 8.69. The lowest BCUT2D eigenvalue weighted by Gasteiger charge is -2.17. The zero-order valence-electron chi connectivity index (χ0n) is 13.4. The summed E-state index contributed by atoms with van der Waals surface area (Å²) in [5.41, 5.74) is 1.28. The van der Waals surface area contributed by atoms with E-state index in [4.69, 9.17) is 4.74 Å². The maximum absolute atomic E-state index is 11.6. The molecule has 0 aliphatic rings. The third-order valence-electron chi connectivity index (χ3n) is 3.44. The van der Waals surface area contributed by atoms with Crippen LogP contribution in [-0.4, -0.2) is 31.7 Å². The van der Waals surface area contributed by atoms with Crippen LogP contribution in [0.1, 0.15) is 32.8 Å². The molecule has 118 valence electrons. The third-order valence-corrected chi connectivity index (χ3v) is 3.44. The molecule has 0 spiro atoms. The van der Waals surface area contributed by atoms with Crippen LogP contribution in [0.5, 0.6) is 0 Å². The number of rotatable bonds is 10. The maximum Gasteiger partial charge on any atom is 0.246 e. The van der Waals surface area contributed by atoms with Gasteiger partial charge in [0.2, 0.25) is 5.91 Å². The predicted molar refractivity (Wildman–Crippen MR) is 86.0 cm³/mol. The van der Waals surface area contributed by atoms with Crippen molar-refractivity contribution in [3.05, 3.63) is 35.9 Å². The fourth-order valence-electron chi connectivity index (χ4n) is 1.75. The molecule has 4 heteroatoms. The fourth-order valence-corrected chi connectivity index (χ4v) is 1.75. The molecule has 1 unspecified atom stereocenters. The Morgan fingerprint density at radius 2 is 1.90 bits per heavy atom. The summed E-state index contributed by atoms with van der Waals surface area (Å²) in [6, 6.07) is 10.5. The van der Waals surface area contributed by atoms with Gasteiger partial charge in [0.15, 0.2) is 0 Å². The lowest BCUT2D eigenvalue weighted by atomic mass is 10.1. The van der Waals surface area contributed by atoms with Crippen molar-refractivity contribution in [1.29, 1.82) is 0 Å². The van der Waals surface area contributed by atoms with E-state index < -0.39 is 0 Å². The van der Waals surface area contributed by atoms with E-state index in [2.05, 4.69) is 36.6 Å². The van der Waals surface area contributed by atoms with Gasteiger partial charge >= 0.3 is 0 Å². The Bertz CT molecular complexity index is 393. The minimum Gasteiger partial charge on any atom is -0.372 e. The average molecular weight is 292 g/mol. The van der Waals surface area contributed by atoms with E-state index in [1.54, 1.807) is 0 Å². The first-order chi connectivity index (χ1) is 10.1. The molecule has 1 amide bonds. The molecule has 0 aliphatic heterocycles. The first-order valence-corrected chi connectivity index (χ1v) is 7.71. The summed E-state index contributed by atoms with van der Waals surface area (Å²) in [5.74, 6) is 0.407. The lowest BCUT2D eigenvalue weighted by Crippen LogP contribution is -2.38. The molecular formula is C17H28N2O2. The highest BCUT2D eigenvalue weighted by atomic mass is 16.5. The van der Waals surface area contributed by atoms with Crippen LogP contribution in [-0.2, 0) is 16.1 Å². The van der Waals surface area contributed by atoms with Crippen molar-refractivity contribution in [1.82, 2.24) is 10.6 Å². The average Bonchev–Trinajstić information content (AvgIpc) is 2.47. The smallest absolute Gasteiger partial charge is 0.246 e. The predicted octanol–water partition coefficient (Wildman–Crippen LogP) is 2.34. The fraction of sp³-hybridized carbons (Fsp3) is 0.588. The minimum atomic E-state index is -0.0338. The van der Waals surface area contributed by atoms with Crippen molar-refractivity contribution in [3.63, 3.8) is 0 Å². The largest absolute Gasteiger partial charge is 0.372 e. The van der Waals surface area contributed by atoms with E-state index in [0.717, 1.165) is 19.5 Å². The van der Waals surface area contributed by atoms with Crippen LogP contribution in [0, 0.1) is 5.92 Å². The number of carbonyl (C=O) groups is 1. The number of ether oxygens (including phenoxy) is 1. The second-order valence-electron chi connectivity index (χ2n) is 5.67. The van der Waals surface area contributed by atoms with Crippen molar-refractivity contribution < 1.29 is 9.53 Å². The van der Waals surface area contributed by atoms with E-state index in [-0.39, 0.29) is 18.6 Å². The molecule has 0 fully saturated rings. The molecule has 21 heavy (non-hydrogen) atoms. The van der Waals surface area contributed by atoms with Gasteiger partial charge in [-0.1, -0.05) is 44.2 Å². The third kappa shape index (κ3) is 8.48. The number of benzene rings is 1. The van der Waals surface area contributed by atoms with Crippen LogP contribution in [0.4, 0.5) is 0 Å². The van der Waals surface area contributed by atoms with E-state index >= 15 is 0 Å². The molecule has 4 nitrogen and oxygen atoms in total. The summed E-state index contributed by atoms with van der Waals surface area (Å²) in [4.78, 5) is 11.6. The molecule has 1 atom stereocenters. The Labute approximate surface area is 128 Å². The summed E-state index contributed by atoms with van der Waals surface area (Å²) in [6.07, 6.45) is 0.903. The molecule has 1 rings (SSSR count). The Morgan fingerprint density at radius 3 is 2.57 bits per heavy atom. The Kier molecular flexibility index (Phi) is 8.71. The molecule has 2 N–H and O–H groups in total. The number of carbonyl (C=O) groups excluding carboxylic acids is 1. The van der Waals surface area contributed by atoms with Crippen LogP contribution >= 0.6 is 0 Å². The van der Waals surface area contributed by atoms with Gasteiger partial charge in [-0.2, -0.15) is 0 Å². The Hall–Kier alpha value is -1.39. The Morgan fingerprint density at radius 1 is 1.19 bits per heavy atom. The quantitative estimate of drug-likeness (QED) is 0.651. The molecule has 0 radical (unpaired) electrons. The van der Waals surface area contributed by atoms with Crippen molar-refractivity contribution in [2.75, 3.05) is 19.8 Å². The SMILES string of the molecule is CC(C)C(C)NC(=O)COCCCNCc1ccccc1. The molecular weight excluding hydrogens is 264 g/mol. The molecule has 1 aromatic rings. The highest BCUT2D eigenvalue weighted by Gasteiger charge is 2.10. The first-order valence-electron chi connectivity index (χ1n) is 7.71. The van der Waals surface area contributed by atoms with Crippen molar-refractivity contribution in [2.24, 2.45) is 5.92 Å². The maximum atomic E-state index is 11.6. The number of hydrogen-bond donors (Lipinski definition) is 2. The van der Waals surface area contributed by atoms with E-state index in [1.807, 2.05) is 25.1 Å². The molecule has 0 aliphatic carbocycles. The van der Waals surface area contributed by atoms with Gasteiger partial charge in [-0.05, 0) is 31.4 Å². The normalized spacial score (nSPS) is 12.4. The van der Waals surface area contributed by atoms with Gasteiger partial charge < -0.3 is 15.4 Å². The van der Waals surface area contributed by atoms with E-state index in [0.29, 0.717) is 12.5 Å². The van der Waals surface area contributed by atoms with Crippen LogP contribution in [0.15, 0.2) is 30.3 Å². The highest BCUT2D eigenvalue weighted by Crippen LogP contribution is 1.99. The van der Waals surface area contributed by atoms with Crippen molar-refractivity contribution in [2.45, 2.75) is 39.8 Å². The summed E-state index contributed by atoms with van der Waals surface area (Å²) < 4.78 is 5.38. The van der Waals surface area contributed by atoms with Gasteiger partial charge in [-0.25, -0.2) is 0 Å². The second kappa shape index (κ2) is 10.4. The van der Waals surface area contributed by atoms with Crippen molar-refractivity contribution >= 4 is 5.91 Å². The van der Waals surface area contributed by atoms with E-state index in [1.165, 1.54) is 5.56 Å². The molecule has 0 bridgehead atoms. The van der Waals surface area contributed by atoms with E-state index in [9.17, 15) is 4.79 Å². The first kappa shape index (κ1) is 17.7. The minimum absolute atomic E-state index is 0.0338. The van der Waals surface area contributed by atoms with Crippen molar-refractivity contribution in [3.8, 4) is 0 Å². The number of amides is 1. The molecule has 0 saturated carbocycles. The van der Waals surface area contributed by atoms with Gasteiger partial charge in [0.05, 0.1) is 0 Å². The summed E-state index contributed by atoms with van der Waals surface area (Å²) in [7, 11) is 0. The van der Waals surface area contributed by atoms with Crippen LogP contribution in [0.2, 0.25) is 0 Å². The monoisotopic (exact) mass is 292 g/mol. The van der Waals surface area contributed by atoms with Gasteiger partial charge in [0, 0.05) is 19.2 Å². The molecule has 0 aromatic heterocycles. The standard InChI is InChI=1S/C17H28N2O2/c1-14(2)15(3)19-17(20)13-21-11-7-10-18-12-16-8-5-4-6-9-16/h4-6,8-9,14-15,18H,7,10-13H2,1-3H3,(H,19,20). The number of hydrogen-bond acceptors (Lipinski definition) is 3. The van der Waals surface area contributed by atoms with Gasteiger partial charge in [-0.15, -0.1) is 0 Å². The van der Waals surface area contributed by atoms with Crippen LogP contribution in [0.3, 0.4) is 0 Å². The molecule has 0 saturated heterocycles. The van der Waals surface area contributed by atoms with Crippen LogP contribution in [0.25, 0.3) is 0 Å². The zero-order chi connectivity index (χ0) is 15.5. The lowest BCUT2D eigenvalue weighted by molar-refractivity contribution is -0.126. The van der Waals surface area contributed by atoms with Gasteiger partial charge in [0.25, 0.3) is 0 Å². The highest BCUT2D eigenvalue weighted by molar-refractivity contribution is 5.77. The van der Waals surface area contributed by atoms with Gasteiger partial charge in [-0.3, -0.25) is 4.79 Å². The number of nitrogens with one attached hydrogen (secondary N) is 2. The zero-order valence-corrected chi connectivity index (χ0v) is 13.4.